The maximum absolute atomic E-state index is 12.8. The Bertz CT molecular complexity index is 783. The van der Waals surface area contributed by atoms with Crippen LogP contribution in [0, 0.1) is 5.92 Å². The van der Waals surface area contributed by atoms with E-state index in [0.717, 1.165) is 24.1 Å². The van der Waals surface area contributed by atoms with Crippen molar-refractivity contribution >= 4 is 23.0 Å². The normalized spacial score (nSPS) is 15.7. The molecule has 2 amide bonds. The van der Waals surface area contributed by atoms with Crippen LogP contribution in [0.1, 0.15) is 37.6 Å². The van der Waals surface area contributed by atoms with Crippen LogP contribution >= 0.6 is 0 Å². The number of carbonyl (C=O) groups is 2. The highest BCUT2D eigenvalue weighted by molar-refractivity contribution is 5.96. The van der Waals surface area contributed by atoms with Gasteiger partial charge in [0.05, 0.1) is 11.9 Å². The van der Waals surface area contributed by atoms with E-state index in [9.17, 15) is 9.59 Å². The minimum absolute atomic E-state index is 0.0433. The average molecular weight is 343 g/mol. The van der Waals surface area contributed by atoms with Crippen molar-refractivity contribution in [3.05, 3.63) is 24.2 Å². The fraction of sp³-hybridized carbons (Fsp3) is 0.556. The number of hydrogen-bond donors (Lipinski definition) is 0. The highest BCUT2D eigenvalue weighted by Crippen LogP contribution is 2.16. The van der Waals surface area contributed by atoms with Crippen LogP contribution in [0.2, 0.25) is 0 Å². The van der Waals surface area contributed by atoms with E-state index in [0.29, 0.717) is 37.7 Å². The van der Waals surface area contributed by atoms with Crippen molar-refractivity contribution in [1.82, 2.24) is 24.3 Å². The molecule has 0 N–H and O–H groups in total. The molecule has 0 aliphatic carbocycles. The molecule has 3 heterocycles. The van der Waals surface area contributed by atoms with Gasteiger partial charge in [-0.3, -0.25) is 9.59 Å². The summed E-state index contributed by atoms with van der Waals surface area (Å²) in [5.41, 5.74) is 2.11. The topological polar surface area (TPSA) is 71.3 Å². The third kappa shape index (κ3) is 3.81. The Kier molecular flexibility index (Phi) is 5.01. The molecule has 0 spiro atoms. The number of pyridine rings is 1. The molecule has 1 fully saturated rings. The SMILES string of the molecule is CC(=O)N1CCCN(C(=O)c2cnc3c(c2)ncn3CC(C)C)CC1. The molecular formula is C18H25N5O2. The summed E-state index contributed by atoms with van der Waals surface area (Å²) in [4.78, 5) is 36.8. The second-order valence-electron chi connectivity index (χ2n) is 7.01. The molecule has 7 nitrogen and oxygen atoms in total. The van der Waals surface area contributed by atoms with Crippen molar-refractivity contribution in [2.24, 2.45) is 5.92 Å². The third-order valence-electron chi connectivity index (χ3n) is 4.49. The van der Waals surface area contributed by atoms with Crippen molar-refractivity contribution in [1.29, 1.82) is 0 Å². The Morgan fingerprint density at radius 3 is 2.56 bits per heavy atom. The van der Waals surface area contributed by atoms with Crippen LogP contribution in [0.15, 0.2) is 18.6 Å². The quantitative estimate of drug-likeness (QED) is 0.852. The molecule has 2 aromatic rings. The number of fused-ring (bicyclic) bond motifs is 1. The summed E-state index contributed by atoms with van der Waals surface area (Å²) in [6.07, 6.45) is 4.21. The van der Waals surface area contributed by atoms with Crippen molar-refractivity contribution in [3.63, 3.8) is 0 Å². The van der Waals surface area contributed by atoms with E-state index in [2.05, 4.69) is 23.8 Å². The molecule has 25 heavy (non-hydrogen) atoms. The lowest BCUT2D eigenvalue weighted by molar-refractivity contribution is -0.128. The van der Waals surface area contributed by atoms with Gasteiger partial charge in [0.2, 0.25) is 5.91 Å². The van der Waals surface area contributed by atoms with Gasteiger partial charge in [-0.2, -0.15) is 0 Å². The van der Waals surface area contributed by atoms with Gasteiger partial charge in [-0.15, -0.1) is 0 Å². The van der Waals surface area contributed by atoms with Gasteiger partial charge in [0.1, 0.15) is 5.52 Å². The molecular weight excluding hydrogens is 318 g/mol. The summed E-state index contributed by atoms with van der Waals surface area (Å²) >= 11 is 0. The smallest absolute Gasteiger partial charge is 0.255 e. The Morgan fingerprint density at radius 2 is 1.84 bits per heavy atom. The Morgan fingerprint density at radius 1 is 1.12 bits per heavy atom. The van der Waals surface area contributed by atoms with Gasteiger partial charge in [-0.25, -0.2) is 9.97 Å². The highest BCUT2D eigenvalue weighted by Gasteiger charge is 2.22. The van der Waals surface area contributed by atoms with Crippen molar-refractivity contribution in [3.8, 4) is 0 Å². The van der Waals surface area contributed by atoms with Crippen LogP contribution in [0.5, 0.6) is 0 Å². The molecule has 0 unspecified atom stereocenters. The molecule has 1 aliphatic heterocycles. The fourth-order valence-electron chi connectivity index (χ4n) is 3.21. The first-order valence-corrected chi connectivity index (χ1v) is 8.81. The molecule has 0 bridgehead atoms. The van der Waals surface area contributed by atoms with Crippen LogP contribution in [0.25, 0.3) is 11.2 Å². The van der Waals surface area contributed by atoms with Gasteiger partial charge in [0.25, 0.3) is 5.91 Å². The number of amides is 2. The molecule has 3 rings (SSSR count). The van der Waals surface area contributed by atoms with Crippen molar-refractivity contribution in [2.45, 2.75) is 33.7 Å². The standard InChI is InChI=1S/C18H25N5O2/c1-13(2)11-23-12-20-16-9-15(10-19-17(16)23)18(25)22-6-4-5-21(7-8-22)14(3)24/h9-10,12-13H,4-8,11H2,1-3H3. The van der Waals surface area contributed by atoms with E-state index in [1.54, 1.807) is 29.2 Å². The Labute approximate surface area is 147 Å². The van der Waals surface area contributed by atoms with E-state index in [4.69, 9.17) is 0 Å². The predicted molar refractivity (Wildman–Crippen MR) is 95.1 cm³/mol. The van der Waals surface area contributed by atoms with Gasteiger partial charge >= 0.3 is 0 Å². The van der Waals surface area contributed by atoms with Crippen LogP contribution in [0.4, 0.5) is 0 Å². The van der Waals surface area contributed by atoms with E-state index < -0.39 is 0 Å². The number of hydrogen-bond acceptors (Lipinski definition) is 4. The molecule has 1 aliphatic rings. The zero-order chi connectivity index (χ0) is 18.0. The lowest BCUT2D eigenvalue weighted by Crippen LogP contribution is -2.36. The molecule has 0 atom stereocenters. The third-order valence-corrected chi connectivity index (χ3v) is 4.49. The van der Waals surface area contributed by atoms with E-state index in [1.165, 1.54) is 0 Å². The van der Waals surface area contributed by atoms with Crippen LogP contribution in [0.3, 0.4) is 0 Å². The van der Waals surface area contributed by atoms with Crippen molar-refractivity contribution in [2.75, 3.05) is 26.2 Å². The van der Waals surface area contributed by atoms with E-state index in [-0.39, 0.29) is 11.8 Å². The predicted octanol–water partition coefficient (Wildman–Crippen LogP) is 1.78. The minimum Gasteiger partial charge on any atom is -0.341 e. The summed E-state index contributed by atoms with van der Waals surface area (Å²) < 4.78 is 2.02. The van der Waals surface area contributed by atoms with Crippen LogP contribution in [-0.4, -0.2) is 62.3 Å². The zero-order valence-electron chi connectivity index (χ0n) is 15.1. The highest BCUT2D eigenvalue weighted by atomic mass is 16.2. The lowest BCUT2D eigenvalue weighted by atomic mass is 10.2. The molecule has 0 saturated carbocycles. The summed E-state index contributed by atoms with van der Waals surface area (Å²) in [7, 11) is 0. The first kappa shape index (κ1) is 17.4. The van der Waals surface area contributed by atoms with E-state index >= 15 is 0 Å². The second kappa shape index (κ2) is 7.21. The van der Waals surface area contributed by atoms with Crippen LogP contribution < -0.4 is 0 Å². The molecule has 0 aromatic carbocycles. The maximum Gasteiger partial charge on any atom is 0.255 e. The van der Waals surface area contributed by atoms with Gasteiger partial charge in [0.15, 0.2) is 5.65 Å². The van der Waals surface area contributed by atoms with Gasteiger partial charge in [-0.1, -0.05) is 13.8 Å². The number of carbonyl (C=O) groups excluding carboxylic acids is 2. The first-order chi connectivity index (χ1) is 12.0. The van der Waals surface area contributed by atoms with Gasteiger partial charge in [0, 0.05) is 45.8 Å². The maximum atomic E-state index is 12.8. The Balaban J connectivity index is 1.77. The molecule has 1 saturated heterocycles. The van der Waals surface area contributed by atoms with Gasteiger partial charge < -0.3 is 14.4 Å². The number of imidazole rings is 1. The number of rotatable bonds is 3. The number of aromatic nitrogens is 3. The Hall–Kier alpha value is -2.44. The molecule has 7 heteroatoms. The molecule has 134 valence electrons. The summed E-state index contributed by atoms with van der Waals surface area (Å²) in [5.74, 6) is 0.521. The summed E-state index contributed by atoms with van der Waals surface area (Å²) in [5, 5.41) is 0. The lowest BCUT2D eigenvalue weighted by Gasteiger charge is -2.21. The van der Waals surface area contributed by atoms with Crippen molar-refractivity contribution < 1.29 is 9.59 Å². The average Bonchev–Trinajstić information content (AvgIpc) is 2.81. The van der Waals surface area contributed by atoms with Crippen LogP contribution in [-0.2, 0) is 11.3 Å². The number of nitrogens with zero attached hydrogens (tertiary/aromatic N) is 5. The first-order valence-electron chi connectivity index (χ1n) is 8.81. The molecule has 2 aromatic heterocycles. The van der Waals surface area contributed by atoms with E-state index in [1.807, 2.05) is 10.6 Å². The van der Waals surface area contributed by atoms with Gasteiger partial charge in [-0.05, 0) is 18.4 Å². The second-order valence-corrected chi connectivity index (χ2v) is 7.01. The summed E-state index contributed by atoms with van der Waals surface area (Å²) in [6, 6.07) is 1.81. The monoisotopic (exact) mass is 343 g/mol. The minimum atomic E-state index is -0.0433. The zero-order valence-corrected chi connectivity index (χ0v) is 15.1. The summed E-state index contributed by atoms with van der Waals surface area (Å²) in [6.45, 7) is 9.21. The fourth-order valence-corrected chi connectivity index (χ4v) is 3.21. The largest absolute Gasteiger partial charge is 0.341 e. The molecule has 0 radical (unpaired) electrons.